The average molecular weight is 177 g/mol. The van der Waals surface area contributed by atoms with Crippen LogP contribution in [0.1, 0.15) is 6.92 Å². The summed E-state index contributed by atoms with van der Waals surface area (Å²) in [6.45, 7) is 5.59. The van der Waals surface area contributed by atoms with Crippen LogP contribution >= 0.6 is 0 Å². The van der Waals surface area contributed by atoms with Crippen LogP contribution < -0.4 is 28.3 Å². The van der Waals surface area contributed by atoms with E-state index in [-0.39, 0.29) is 6.04 Å². The Bertz CT molecular complexity index is 62.8. The molecule has 0 spiro atoms. The van der Waals surface area contributed by atoms with E-state index in [2.05, 4.69) is 5.32 Å². The largest absolute Gasteiger partial charge is 0.329 e. The third-order valence-corrected chi connectivity index (χ3v) is 1.01. The van der Waals surface area contributed by atoms with Crippen molar-refractivity contribution in [2.75, 3.05) is 32.7 Å². The van der Waals surface area contributed by atoms with Crippen molar-refractivity contribution >= 4 is 0 Å². The van der Waals surface area contributed by atoms with Crippen LogP contribution in [0.5, 0.6) is 0 Å². The maximum atomic E-state index is 5.17. The fraction of sp³-hybridized carbons (Fsp3) is 1.00. The minimum absolute atomic E-state index is 0.162. The van der Waals surface area contributed by atoms with Crippen LogP contribution in [0, 0.1) is 0 Å². The molecule has 5 nitrogen and oxygen atoms in total. The average Bonchev–Trinajstić information content (AvgIpc) is 2.07. The molecule has 12 heavy (non-hydrogen) atoms. The summed E-state index contributed by atoms with van der Waals surface area (Å²) in [5.41, 5.74) is 20.5. The summed E-state index contributed by atoms with van der Waals surface area (Å²) in [5, 5.41) is 3.03. The second-order valence-corrected chi connectivity index (χ2v) is 2.54. The van der Waals surface area contributed by atoms with Crippen LogP contribution in [0.2, 0.25) is 0 Å². The molecule has 0 saturated heterocycles. The molecule has 1 atom stereocenters. The molecular weight excluding hydrogens is 154 g/mol. The van der Waals surface area contributed by atoms with Crippen molar-refractivity contribution in [1.29, 1.82) is 0 Å². The van der Waals surface area contributed by atoms with E-state index >= 15 is 0 Å². The van der Waals surface area contributed by atoms with Gasteiger partial charge in [-0.1, -0.05) is 0 Å². The summed E-state index contributed by atoms with van der Waals surface area (Å²) in [6, 6.07) is 0.162. The van der Waals surface area contributed by atoms with Gasteiger partial charge in [0.15, 0.2) is 0 Å². The first-order valence-corrected chi connectivity index (χ1v) is 4.25. The smallest absolute Gasteiger partial charge is 0.0134 e. The molecule has 0 saturated carbocycles. The van der Waals surface area contributed by atoms with Crippen LogP contribution in [0.3, 0.4) is 0 Å². The van der Waals surface area contributed by atoms with E-state index in [9.17, 15) is 0 Å². The van der Waals surface area contributed by atoms with Crippen molar-refractivity contribution in [3.63, 3.8) is 0 Å². The Kier molecular flexibility index (Phi) is 16.0. The highest BCUT2D eigenvalue weighted by Gasteiger charge is 1.79. The summed E-state index contributed by atoms with van der Waals surface area (Å²) in [6.07, 6.45) is 0. The molecule has 0 bridgehead atoms. The van der Waals surface area contributed by atoms with Gasteiger partial charge in [0.05, 0.1) is 0 Å². The van der Waals surface area contributed by atoms with Gasteiger partial charge >= 0.3 is 0 Å². The van der Waals surface area contributed by atoms with E-state index in [1.54, 1.807) is 0 Å². The first-order chi connectivity index (χ1) is 5.68. The quantitative estimate of drug-likeness (QED) is 0.305. The van der Waals surface area contributed by atoms with Crippen LogP contribution in [-0.4, -0.2) is 38.8 Å². The molecule has 0 fully saturated rings. The molecule has 0 aliphatic heterocycles. The molecule has 0 heterocycles. The number of hydrogen-bond donors (Lipinski definition) is 5. The molecule has 0 amide bonds. The zero-order valence-corrected chi connectivity index (χ0v) is 7.92. The molecule has 5 heteroatoms. The Labute approximate surface area is 74.8 Å². The zero-order chi connectivity index (χ0) is 9.82. The van der Waals surface area contributed by atoms with E-state index in [4.69, 9.17) is 22.9 Å². The third-order valence-electron chi connectivity index (χ3n) is 1.01. The lowest BCUT2D eigenvalue weighted by atomic mass is 10.4. The topological polar surface area (TPSA) is 116 Å². The van der Waals surface area contributed by atoms with Gasteiger partial charge in [-0.25, -0.2) is 0 Å². The van der Waals surface area contributed by atoms with Crippen molar-refractivity contribution in [1.82, 2.24) is 5.32 Å². The maximum absolute atomic E-state index is 5.17. The van der Waals surface area contributed by atoms with E-state index in [0.717, 1.165) is 13.1 Å². The summed E-state index contributed by atoms with van der Waals surface area (Å²) in [5.74, 6) is 0. The molecule has 0 aromatic heterocycles. The first kappa shape index (κ1) is 14.3. The molecule has 1 unspecified atom stereocenters. The van der Waals surface area contributed by atoms with Gasteiger partial charge in [0.1, 0.15) is 0 Å². The Morgan fingerprint density at radius 2 is 1.42 bits per heavy atom. The van der Waals surface area contributed by atoms with Crippen molar-refractivity contribution < 1.29 is 0 Å². The van der Waals surface area contributed by atoms with Crippen molar-refractivity contribution in [2.45, 2.75) is 13.0 Å². The van der Waals surface area contributed by atoms with Crippen LogP contribution in [0.4, 0.5) is 0 Å². The fourth-order valence-electron chi connectivity index (χ4n) is 0.329. The van der Waals surface area contributed by atoms with Gasteiger partial charge < -0.3 is 28.3 Å². The van der Waals surface area contributed by atoms with E-state index in [1.165, 1.54) is 0 Å². The molecule has 0 radical (unpaired) electrons. The third kappa shape index (κ3) is 22.6. The molecule has 0 aromatic rings. The predicted octanol–water partition coefficient (Wildman–Crippen LogP) is -2.21. The number of nitrogens with one attached hydrogen (secondary N) is 1. The SMILES string of the molecule is CC(N)CN.NCCNCCN. The van der Waals surface area contributed by atoms with E-state index in [0.29, 0.717) is 19.6 Å². The Morgan fingerprint density at radius 3 is 1.58 bits per heavy atom. The van der Waals surface area contributed by atoms with E-state index in [1.807, 2.05) is 6.92 Å². The highest BCUT2D eigenvalue weighted by molar-refractivity contribution is 4.48. The van der Waals surface area contributed by atoms with Gasteiger partial charge in [0.2, 0.25) is 0 Å². The maximum Gasteiger partial charge on any atom is 0.0134 e. The predicted molar refractivity (Wildman–Crippen MR) is 53.7 cm³/mol. The Balaban J connectivity index is 0. The van der Waals surface area contributed by atoms with Gasteiger partial charge in [0.25, 0.3) is 0 Å². The molecule has 0 aliphatic carbocycles. The second-order valence-electron chi connectivity index (χ2n) is 2.54. The van der Waals surface area contributed by atoms with E-state index < -0.39 is 0 Å². The summed E-state index contributed by atoms with van der Waals surface area (Å²) < 4.78 is 0. The lowest BCUT2D eigenvalue weighted by Crippen LogP contribution is -2.27. The zero-order valence-electron chi connectivity index (χ0n) is 7.92. The first-order valence-electron chi connectivity index (χ1n) is 4.25. The second kappa shape index (κ2) is 13.4. The van der Waals surface area contributed by atoms with Crippen molar-refractivity contribution in [3.05, 3.63) is 0 Å². The number of nitrogens with two attached hydrogens (primary N) is 4. The monoisotopic (exact) mass is 177 g/mol. The highest BCUT2D eigenvalue weighted by atomic mass is 14.9. The van der Waals surface area contributed by atoms with Crippen molar-refractivity contribution in [3.8, 4) is 0 Å². The highest BCUT2D eigenvalue weighted by Crippen LogP contribution is 1.59. The van der Waals surface area contributed by atoms with Gasteiger partial charge in [-0.3, -0.25) is 0 Å². The lowest BCUT2D eigenvalue weighted by Gasteiger charge is -1.95. The van der Waals surface area contributed by atoms with Crippen molar-refractivity contribution in [2.24, 2.45) is 22.9 Å². The molecular formula is C7H23N5. The van der Waals surface area contributed by atoms with Crippen LogP contribution in [0.25, 0.3) is 0 Å². The Hall–Kier alpha value is -0.200. The minimum Gasteiger partial charge on any atom is -0.329 e. The molecule has 0 rings (SSSR count). The Morgan fingerprint density at radius 1 is 1.08 bits per heavy atom. The minimum atomic E-state index is 0.162. The summed E-state index contributed by atoms with van der Waals surface area (Å²) >= 11 is 0. The number of rotatable bonds is 5. The standard InChI is InChI=1S/C4H13N3.C3H10N2/c5-1-3-7-4-2-6;1-3(5)2-4/h7H,1-6H2;3H,2,4-5H2,1H3. The molecule has 76 valence electrons. The van der Waals surface area contributed by atoms with Gasteiger partial charge in [-0.05, 0) is 6.92 Å². The lowest BCUT2D eigenvalue weighted by molar-refractivity contribution is 0.696. The number of hydrogen-bond acceptors (Lipinski definition) is 5. The van der Waals surface area contributed by atoms with Crippen LogP contribution in [-0.2, 0) is 0 Å². The van der Waals surface area contributed by atoms with Gasteiger partial charge in [0, 0.05) is 38.8 Å². The molecule has 0 aliphatic rings. The molecule has 0 aromatic carbocycles. The van der Waals surface area contributed by atoms with Gasteiger partial charge in [-0.2, -0.15) is 0 Å². The van der Waals surface area contributed by atoms with Gasteiger partial charge in [-0.15, -0.1) is 0 Å². The fourth-order valence-corrected chi connectivity index (χ4v) is 0.329. The van der Waals surface area contributed by atoms with Crippen LogP contribution in [0.15, 0.2) is 0 Å². The molecule has 9 N–H and O–H groups in total. The summed E-state index contributed by atoms with van der Waals surface area (Å²) in [4.78, 5) is 0. The summed E-state index contributed by atoms with van der Waals surface area (Å²) in [7, 11) is 0. The normalized spacial score (nSPS) is 11.8.